The molecular weight excluding hydrogens is 134 g/mol. The van der Waals surface area contributed by atoms with Crippen LogP contribution in [0.3, 0.4) is 0 Å². The fourth-order valence-electron chi connectivity index (χ4n) is 0.693. The minimum atomic E-state index is -1.09. The van der Waals surface area contributed by atoms with Crippen molar-refractivity contribution in [1.82, 2.24) is 5.32 Å². The summed E-state index contributed by atoms with van der Waals surface area (Å²) in [6.45, 7) is 3.08. The summed E-state index contributed by atoms with van der Waals surface area (Å²) < 4.78 is 0. The highest BCUT2D eigenvalue weighted by atomic mass is 16.4. The normalized spacial score (nSPS) is 12.2. The molecule has 0 bridgehead atoms. The number of hydrogen-bond donors (Lipinski definition) is 2. The van der Waals surface area contributed by atoms with E-state index in [1.165, 1.54) is 6.92 Å². The first-order chi connectivity index (χ1) is 4.52. The average Bonchev–Trinajstić information content (AvgIpc) is 1.58. The Morgan fingerprint density at radius 1 is 1.60 bits per heavy atom. The number of carbonyl (C=O) groups is 2. The quantitative estimate of drug-likeness (QED) is 0.611. The van der Waals surface area contributed by atoms with Crippen LogP contribution < -0.4 is 5.32 Å². The van der Waals surface area contributed by atoms with Crippen molar-refractivity contribution in [3.8, 4) is 0 Å². The number of hydrogen-bond acceptors (Lipinski definition) is 2. The van der Waals surface area contributed by atoms with E-state index >= 15 is 0 Å². The third-order valence-electron chi connectivity index (χ3n) is 0.964. The van der Waals surface area contributed by atoms with E-state index in [0.717, 1.165) is 0 Å². The summed E-state index contributed by atoms with van der Waals surface area (Å²) in [5, 5.41) is 10.3. The van der Waals surface area contributed by atoms with E-state index in [2.05, 4.69) is 5.32 Å². The molecule has 0 heterocycles. The van der Waals surface area contributed by atoms with Gasteiger partial charge in [0.2, 0.25) is 0 Å². The predicted octanol–water partition coefficient (Wildman–Crippen LogP) is 0.622. The summed E-state index contributed by atoms with van der Waals surface area (Å²) in [6, 6.07) is -0.282. The molecule has 4 heteroatoms. The van der Waals surface area contributed by atoms with Gasteiger partial charge in [-0.3, -0.25) is 4.79 Å². The van der Waals surface area contributed by atoms with Crippen molar-refractivity contribution in [3.05, 3.63) is 0 Å². The highest BCUT2D eigenvalue weighted by Crippen LogP contribution is 1.90. The smallest absolute Gasteiger partial charge is 0.404 e. The van der Waals surface area contributed by atoms with Crippen LogP contribution in [0.5, 0.6) is 0 Å². The van der Waals surface area contributed by atoms with Gasteiger partial charge in [-0.05, 0) is 13.8 Å². The van der Waals surface area contributed by atoms with Gasteiger partial charge in [-0.2, -0.15) is 0 Å². The van der Waals surface area contributed by atoms with Crippen molar-refractivity contribution in [3.63, 3.8) is 0 Å². The van der Waals surface area contributed by atoms with Gasteiger partial charge in [-0.25, -0.2) is 4.79 Å². The molecule has 0 aromatic rings. The standard InChI is InChI=1S/C6H11NO3/c1-4(3-5(2)8)7-6(9)10/h4,7H,3H2,1-2H3,(H,9,10)/t4-/m1/s1. The number of ketones is 1. The lowest BCUT2D eigenvalue weighted by Gasteiger charge is -2.07. The van der Waals surface area contributed by atoms with E-state index in [4.69, 9.17) is 5.11 Å². The van der Waals surface area contributed by atoms with Gasteiger partial charge in [-0.15, -0.1) is 0 Å². The molecule has 4 nitrogen and oxygen atoms in total. The van der Waals surface area contributed by atoms with E-state index in [1.807, 2.05) is 0 Å². The average molecular weight is 145 g/mol. The number of amides is 1. The monoisotopic (exact) mass is 145 g/mol. The topological polar surface area (TPSA) is 66.4 Å². The van der Waals surface area contributed by atoms with Crippen LogP contribution in [0.4, 0.5) is 4.79 Å². The highest BCUT2D eigenvalue weighted by molar-refractivity contribution is 5.76. The predicted molar refractivity (Wildman–Crippen MR) is 35.9 cm³/mol. The third kappa shape index (κ3) is 5.08. The summed E-state index contributed by atoms with van der Waals surface area (Å²) in [4.78, 5) is 20.4. The molecule has 0 unspecified atom stereocenters. The van der Waals surface area contributed by atoms with Crippen molar-refractivity contribution >= 4 is 11.9 Å². The molecule has 1 atom stereocenters. The molecule has 0 aliphatic rings. The summed E-state index contributed by atoms with van der Waals surface area (Å²) in [6.07, 6.45) is -0.833. The van der Waals surface area contributed by atoms with Crippen LogP contribution in [-0.4, -0.2) is 23.0 Å². The Morgan fingerprint density at radius 2 is 2.10 bits per heavy atom. The molecule has 0 aromatic carbocycles. The first-order valence-electron chi connectivity index (χ1n) is 3.01. The van der Waals surface area contributed by atoms with Crippen LogP contribution >= 0.6 is 0 Å². The Hall–Kier alpha value is -1.06. The van der Waals surface area contributed by atoms with Gasteiger partial charge in [0.15, 0.2) is 0 Å². The second-order valence-electron chi connectivity index (χ2n) is 2.26. The van der Waals surface area contributed by atoms with Gasteiger partial charge in [0.1, 0.15) is 5.78 Å². The molecule has 0 saturated heterocycles. The molecule has 58 valence electrons. The summed E-state index contributed by atoms with van der Waals surface area (Å²) in [5.41, 5.74) is 0. The highest BCUT2D eigenvalue weighted by Gasteiger charge is 2.06. The van der Waals surface area contributed by atoms with E-state index in [1.54, 1.807) is 6.92 Å². The number of rotatable bonds is 3. The Balaban J connectivity index is 3.53. The van der Waals surface area contributed by atoms with Crippen molar-refractivity contribution in [2.24, 2.45) is 0 Å². The van der Waals surface area contributed by atoms with Crippen LogP contribution in [0.15, 0.2) is 0 Å². The molecular formula is C6H11NO3. The van der Waals surface area contributed by atoms with Crippen molar-refractivity contribution in [2.75, 3.05) is 0 Å². The maximum atomic E-state index is 10.4. The van der Waals surface area contributed by atoms with Crippen LogP contribution in [0, 0.1) is 0 Å². The van der Waals surface area contributed by atoms with E-state index < -0.39 is 6.09 Å². The lowest BCUT2D eigenvalue weighted by Crippen LogP contribution is -2.32. The molecule has 0 aromatic heterocycles. The van der Waals surface area contributed by atoms with Crippen LogP contribution in [0.2, 0.25) is 0 Å². The number of nitrogens with one attached hydrogen (secondary N) is 1. The first kappa shape index (κ1) is 8.94. The lowest BCUT2D eigenvalue weighted by molar-refractivity contribution is -0.117. The molecule has 0 rings (SSSR count). The first-order valence-corrected chi connectivity index (χ1v) is 3.01. The lowest BCUT2D eigenvalue weighted by atomic mass is 10.2. The van der Waals surface area contributed by atoms with E-state index in [-0.39, 0.29) is 18.2 Å². The third-order valence-corrected chi connectivity index (χ3v) is 0.964. The number of carboxylic acid groups (broad SMARTS) is 1. The molecule has 0 radical (unpaired) electrons. The van der Waals surface area contributed by atoms with Crippen LogP contribution in [-0.2, 0) is 4.79 Å². The van der Waals surface area contributed by atoms with Crippen molar-refractivity contribution in [2.45, 2.75) is 26.3 Å². The summed E-state index contributed by atoms with van der Waals surface area (Å²) >= 11 is 0. The summed E-state index contributed by atoms with van der Waals surface area (Å²) in [5.74, 6) is -0.0127. The fourth-order valence-corrected chi connectivity index (χ4v) is 0.693. The number of Topliss-reactive ketones (excluding diaryl/α,β-unsaturated/α-hetero) is 1. The molecule has 0 saturated carbocycles. The van der Waals surface area contributed by atoms with Crippen molar-refractivity contribution in [1.29, 1.82) is 0 Å². The van der Waals surface area contributed by atoms with Crippen LogP contribution in [0.1, 0.15) is 20.3 Å². The van der Waals surface area contributed by atoms with Crippen LogP contribution in [0.25, 0.3) is 0 Å². The van der Waals surface area contributed by atoms with Gasteiger partial charge < -0.3 is 10.4 Å². The van der Waals surface area contributed by atoms with Crippen molar-refractivity contribution < 1.29 is 14.7 Å². The molecule has 0 spiro atoms. The minimum Gasteiger partial charge on any atom is -0.465 e. The second kappa shape index (κ2) is 3.87. The summed E-state index contributed by atoms with van der Waals surface area (Å²) in [7, 11) is 0. The largest absolute Gasteiger partial charge is 0.465 e. The maximum absolute atomic E-state index is 10.4. The minimum absolute atomic E-state index is 0.0127. The Kier molecular flexibility index (Phi) is 3.46. The molecule has 0 aliphatic heterocycles. The molecule has 10 heavy (non-hydrogen) atoms. The Bertz CT molecular complexity index is 128. The molecule has 0 aliphatic carbocycles. The zero-order valence-electron chi connectivity index (χ0n) is 6.05. The number of carbonyl (C=O) groups excluding carboxylic acids is 1. The Labute approximate surface area is 59.2 Å². The SMILES string of the molecule is CC(=O)C[C@@H](C)NC(=O)O. The van der Waals surface area contributed by atoms with Gasteiger partial charge in [0, 0.05) is 12.5 Å². The maximum Gasteiger partial charge on any atom is 0.404 e. The van der Waals surface area contributed by atoms with E-state index in [9.17, 15) is 9.59 Å². The second-order valence-corrected chi connectivity index (χ2v) is 2.26. The fraction of sp³-hybridized carbons (Fsp3) is 0.667. The van der Waals surface area contributed by atoms with Gasteiger partial charge in [-0.1, -0.05) is 0 Å². The zero-order valence-corrected chi connectivity index (χ0v) is 6.05. The molecule has 0 fully saturated rings. The molecule has 1 amide bonds. The van der Waals surface area contributed by atoms with Gasteiger partial charge in [0.25, 0.3) is 0 Å². The van der Waals surface area contributed by atoms with E-state index in [0.29, 0.717) is 0 Å². The molecule has 2 N–H and O–H groups in total. The van der Waals surface area contributed by atoms with Gasteiger partial charge in [0.05, 0.1) is 0 Å². The Morgan fingerprint density at radius 3 is 2.40 bits per heavy atom. The zero-order chi connectivity index (χ0) is 8.15. The van der Waals surface area contributed by atoms with Gasteiger partial charge >= 0.3 is 6.09 Å².